The lowest BCUT2D eigenvalue weighted by Crippen LogP contribution is -2.64. The molecule has 0 spiro atoms. The zero-order valence-electron chi connectivity index (χ0n) is 38.2. The molecule has 0 aromatic heterocycles. The molecule has 0 aromatic carbocycles. The zero-order chi connectivity index (χ0) is 45.0. The lowest BCUT2D eigenvalue weighted by molar-refractivity contribution is -0.220. The smallest absolute Gasteiger partial charge is 0.462 e. The van der Waals surface area contributed by atoms with Crippen LogP contribution in [0.25, 0.3) is 0 Å². The summed E-state index contributed by atoms with van der Waals surface area (Å²) in [5.41, 5.74) is 0. The summed E-state index contributed by atoms with van der Waals surface area (Å²) in [5, 5.41) is 50.2. The van der Waals surface area contributed by atoms with Crippen LogP contribution in [0.15, 0.2) is 12.2 Å². The van der Waals surface area contributed by atoms with Crippen molar-refractivity contribution in [1.82, 2.24) is 0 Å². The molecule has 0 radical (unpaired) electrons. The molecule has 1 aliphatic carbocycles. The van der Waals surface area contributed by atoms with E-state index in [-0.39, 0.29) is 12.8 Å². The number of ether oxygens (including phenoxy) is 2. The fraction of sp³-hybridized carbons (Fsp3) is 0.915. The van der Waals surface area contributed by atoms with Gasteiger partial charge in [0.1, 0.15) is 43.2 Å². The molecule has 0 saturated heterocycles. The Labute approximate surface area is 369 Å². The van der Waals surface area contributed by atoms with Gasteiger partial charge in [-0.1, -0.05) is 180 Å². The summed E-state index contributed by atoms with van der Waals surface area (Å²) >= 11 is 0. The summed E-state index contributed by atoms with van der Waals surface area (Å²) in [4.78, 5) is 35.7. The number of unbranched alkanes of at least 4 members (excludes halogenated alkanes) is 27. The Morgan fingerprint density at radius 3 is 1.26 bits per heavy atom. The summed E-state index contributed by atoms with van der Waals surface area (Å²) in [6.07, 6.45) is 26.9. The van der Waals surface area contributed by atoms with E-state index >= 15 is 0 Å². The molecule has 6 unspecified atom stereocenters. The number of esters is 2. The van der Waals surface area contributed by atoms with Crippen molar-refractivity contribution in [1.29, 1.82) is 0 Å². The van der Waals surface area contributed by atoms with Crippen LogP contribution in [-0.2, 0) is 32.7 Å². The fourth-order valence-electron chi connectivity index (χ4n) is 7.64. The Kier molecular flexibility index (Phi) is 35.8. The van der Waals surface area contributed by atoms with Crippen LogP contribution in [0.1, 0.15) is 219 Å². The fourth-order valence-corrected chi connectivity index (χ4v) is 8.61. The molecule has 8 atom stereocenters. The second-order valence-corrected chi connectivity index (χ2v) is 18.7. The predicted molar refractivity (Wildman–Crippen MR) is 240 cm³/mol. The third-order valence-electron chi connectivity index (χ3n) is 11.6. The normalized spacial score (nSPS) is 22.0. The molecule has 1 aliphatic rings. The van der Waals surface area contributed by atoms with Gasteiger partial charge in [0.2, 0.25) is 0 Å². The molecule has 14 heteroatoms. The van der Waals surface area contributed by atoms with Crippen LogP contribution >= 0.6 is 7.82 Å². The monoisotopic (exact) mass is 893 g/mol. The Balaban J connectivity index is 2.43. The highest BCUT2D eigenvalue weighted by molar-refractivity contribution is 7.47. The number of phosphoric acid groups is 1. The van der Waals surface area contributed by atoms with Gasteiger partial charge in [0.15, 0.2) is 6.10 Å². The minimum atomic E-state index is -5.12. The maximum Gasteiger partial charge on any atom is 0.472 e. The van der Waals surface area contributed by atoms with Crippen LogP contribution in [0.4, 0.5) is 0 Å². The number of carbonyl (C=O) groups is 2. The van der Waals surface area contributed by atoms with Crippen molar-refractivity contribution >= 4 is 19.8 Å². The Hall–Kier alpha value is -1.41. The SMILES string of the molecule is CCCCCCCCCC/C=C/CCCCCC(=O)O[C@@H](COC(=O)CCCCCCCCCCCCCCCCCCC)COP(=O)(O)OC1C(O)C(O)C(O)[C@H](O)C1O. The highest BCUT2D eigenvalue weighted by Gasteiger charge is 2.51. The van der Waals surface area contributed by atoms with Crippen molar-refractivity contribution in [3.8, 4) is 0 Å². The van der Waals surface area contributed by atoms with Gasteiger partial charge in [0.05, 0.1) is 6.61 Å². The van der Waals surface area contributed by atoms with Gasteiger partial charge in [-0.2, -0.15) is 0 Å². The quantitative estimate of drug-likeness (QED) is 0.0146. The molecule has 6 N–H and O–H groups in total. The van der Waals surface area contributed by atoms with Gasteiger partial charge in [0, 0.05) is 12.8 Å². The van der Waals surface area contributed by atoms with Gasteiger partial charge in [-0.3, -0.25) is 18.6 Å². The van der Waals surface area contributed by atoms with Crippen LogP contribution in [0.2, 0.25) is 0 Å². The van der Waals surface area contributed by atoms with E-state index in [2.05, 4.69) is 26.0 Å². The predicted octanol–water partition coefficient (Wildman–Crippen LogP) is 9.84. The highest BCUT2D eigenvalue weighted by atomic mass is 31.2. The van der Waals surface area contributed by atoms with E-state index in [4.69, 9.17) is 18.5 Å². The molecule has 1 saturated carbocycles. The van der Waals surface area contributed by atoms with E-state index in [0.29, 0.717) is 12.8 Å². The number of aliphatic hydroxyl groups excluding tert-OH is 5. The first kappa shape index (κ1) is 57.6. The van der Waals surface area contributed by atoms with Gasteiger partial charge < -0.3 is 39.9 Å². The number of allylic oxidation sites excluding steroid dienone is 2. The minimum absolute atomic E-state index is 0.0809. The van der Waals surface area contributed by atoms with Crippen molar-refractivity contribution in [2.24, 2.45) is 0 Å². The van der Waals surface area contributed by atoms with E-state index < -0.39 is 75.7 Å². The van der Waals surface area contributed by atoms with Crippen molar-refractivity contribution < 1.29 is 63.1 Å². The largest absolute Gasteiger partial charge is 0.472 e. The molecule has 0 amide bonds. The average molecular weight is 893 g/mol. The molecule has 0 aliphatic heterocycles. The third-order valence-corrected chi connectivity index (χ3v) is 12.6. The number of hydrogen-bond acceptors (Lipinski definition) is 12. The van der Waals surface area contributed by atoms with Gasteiger partial charge in [-0.25, -0.2) is 4.57 Å². The maximum absolute atomic E-state index is 12.8. The van der Waals surface area contributed by atoms with E-state index in [1.54, 1.807) is 0 Å². The van der Waals surface area contributed by atoms with Crippen LogP contribution in [0.3, 0.4) is 0 Å². The van der Waals surface area contributed by atoms with E-state index in [9.17, 15) is 44.6 Å². The van der Waals surface area contributed by atoms with Crippen molar-refractivity contribution in [2.75, 3.05) is 13.2 Å². The topological polar surface area (TPSA) is 210 Å². The van der Waals surface area contributed by atoms with E-state index in [0.717, 1.165) is 44.9 Å². The van der Waals surface area contributed by atoms with Gasteiger partial charge in [-0.05, 0) is 38.5 Å². The summed E-state index contributed by atoms with van der Waals surface area (Å²) in [5.74, 6) is -1.11. The summed E-state index contributed by atoms with van der Waals surface area (Å²) in [6, 6.07) is 0. The lowest BCUT2D eigenvalue weighted by atomic mass is 9.85. The maximum atomic E-state index is 12.8. The van der Waals surface area contributed by atoms with Gasteiger partial charge in [0.25, 0.3) is 0 Å². The Morgan fingerprint density at radius 2 is 0.836 bits per heavy atom. The first-order valence-electron chi connectivity index (χ1n) is 24.5. The van der Waals surface area contributed by atoms with Crippen LogP contribution in [0, 0.1) is 0 Å². The molecule has 1 rings (SSSR count). The van der Waals surface area contributed by atoms with Crippen molar-refractivity contribution in [2.45, 2.75) is 262 Å². The molecule has 0 heterocycles. The molecule has 13 nitrogen and oxygen atoms in total. The Morgan fingerprint density at radius 1 is 0.492 bits per heavy atom. The average Bonchev–Trinajstić information content (AvgIpc) is 3.24. The first-order chi connectivity index (χ1) is 29.4. The van der Waals surface area contributed by atoms with Crippen LogP contribution in [-0.4, -0.2) is 98.3 Å². The van der Waals surface area contributed by atoms with E-state index in [1.165, 1.54) is 135 Å². The molecule has 0 bridgehead atoms. The Bertz CT molecular complexity index is 1120. The number of aliphatic hydroxyl groups is 5. The third kappa shape index (κ3) is 30.4. The molecular weight excluding hydrogens is 803 g/mol. The lowest BCUT2D eigenvalue weighted by Gasteiger charge is -2.41. The highest BCUT2D eigenvalue weighted by Crippen LogP contribution is 2.47. The molecule has 61 heavy (non-hydrogen) atoms. The van der Waals surface area contributed by atoms with Crippen molar-refractivity contribution in [3.63, 3.8) is 0 Å². The molecular formula is C47H89O13P. The van der Waals surface area contributed by atoms with Crippen LogP contribution < -0.4 is 0 Å². The molecule has 360 valence electrons. The van der Waals surface area contributed by atoms with Gasteiger partial charge >= 0.3 is 19.8 Å². The molecule has 0 aromatic rings. The van der Waals surface area contributed by atoms with Crippen LogP contribution in [0.5, 0.6) is 0 Å². The zero-order valence-corrected chi connectivity index (χ0v) is 39.1. The van der Waals surface area contributed by atoms with Crippen molar-refractivity contribution in [3.05, 3.63) is 12.2 Å². The van der Waals surface area contributed by atoms with E-state index in [1.807, 2.05) is 0 Å². The summed E-state index contributed by atoms with van der Waals surface area (Å²) in [7, 11) is -5.12. The molecule has 1 fully saturated rings. The first-order valence-corrected chi connectivity index (χ1v) is 26.0. The summed E-state index contributed by atoms with van der Waals surface area (Å²) in [6.45, 7) is 3.31. The number of hydrogen-bond donors (Lipinski definition) is 6. The number of phosphoric ester groups is 1. The minimum Gasteiger partial charge on any atom is -0.462 e. The standard InChI is InChI=1S/C47H89O13P/c1-3-5-7-9-11-13-15-17-19-20-22-23-25-27-29-31-33-35-40(48)57-37-39(38-58-61(55,56)60-47-45(53)43(51)42(50)44(52)46(47)54)59-41(49)36-34-32-30-28-26-24-21-18-16-14-12-10-8-6-4-2/h24,26,39,42-47,50-54H,3-23,25,27-38H2,1-2H3,(H,55,56)/b26-24+/t39-,42?,43-,44?,45?,46?,47?/m0/s1. The summed E-state index contributed by atoms with van der Waals surface area (Å²) < 4.78 is 33.6. The number of rotatable bonds is 41. The second-order valence-electron chi connectivity index (χ2n) is 17.3. The van der Waals surface area contributed by atoms with Gasteiger partial charge in [-0.15, -0.1) is 0 Å². The second kappa shape index (κ2) is 37.9. The number of carbonyl (C=O) groups excluding carboxylic acids is 2.